The van der Waals surface area contributed by atoms with Crippen molar-refractivity contribution in [2.24, 2.45) is 0 Å². The molecule has 1 amide bonds. The van der Waals surface area contributed by atoms with Gasteiger partial charge in [-0.25, -0.2) is 4.98 Å². The molecule has 0 bridgehead atoms. The molecule has 0 aliphatic rings. The monoisotopic (exact) mass is 242 g/mol. The van der Waals surface area contributed by atoms with Gasteiger partial charge in [-0.1, -0.05) is 6.07 Å². The van der Waals surface area contributed by atoms with Crippen LogP contribution in [0.4, 0.5) is 5.82 Å². The lowest BCUT2D eigenvalue weighted by atomic mass is 10.2. The van der Waals surface area contributed by atoms with E-state index in [1.54, 1.807) is 30.3 Å². The van der Waals surface area contributed by atoms with Crippen LogP contribution in [-0.4, -0.2) is 27.8 Å². The molecule has 2 aromatic rings. The third kappa shape index (κ3) is 2.82. The average Bonchev–Trinajstić information content (AvgIpc) is 2.40. The fourth-order valence-electron chi connectivity index (χ4n) is 1.56. The molecule has 0 aliphatic heterocycles. The predicted octanol–water partition coefficient (Wildman–Crippen LogP) is 1.33. The Kier molecular flexibility index (Phi) is 3.52. The summed E-state index contributed by atoms with van der Waals surface area (Å²) in [6.45, 7) is 0.462. The minimum absolute atomic E-state index is 0.104. The van der Waals surface area contributed by atoms with Crippen LogP contribution in [0.15, 0.2) is 42.7 Å². The predicted molar refractivity (Wildman–Crippen MR) is 68.7 cm³/mol. The smallest absolute Gasteiger partial charge is 0.255 e. The Morgan fingerprint density at radius 2 is 2.11 bits per heavy atom. The Morgan fingerprint density at radius 1 is 1.28 bits per heavy atom. The van der Waals surface area contributed by atoms with Gasteiger partial charge in [0.2, 0.25) is 0 Å². The quantitative estimate of drug-likeness (QED) is 0.881. The zero-order chi connectivity index (χ0) is 13.0. The number of nitrogen functional groups attached to an aromatic ring is 1. The molecule has 0 radical (unpaired) electrons. The second kappa shape index (κ2) is 5.27. The van der Waals surface area contributed by atoms with Crippen LogP contribution in [0.1, 0.15) is 16.1 Å². The Morgan fingerprint density at radius 3 is 2.72 bits per heavy atom. The fraction of sp³-hybridized carbons (Fsp3) is 0.154. The number of carbonyl (C=O) groups is 1. The molecular weight excluding hydrogens is 228 g/mol. The number of hydrogen-bond donors (Lipinski definition) is 1. The van der Waals surface area contributed by atoms with E-state index in [2.05, 4.69) is 9.97 Å². The molecule has 18 heavy (non-hydrogen) atoms. The summed E-state index contributed by atoms with van der Waals surface area (Å²) in [7, 11) is 1.73. The number of anilines is 1. The number of pyridine rings is 2. The molecule has 0 saturated heterocycles. The highest BCUT2D eigenvalue weighted by Crippen LogP contribution is 2.07. The van der Waals surface area contributed by atoms with Gasteiger partial charge in [0.25, 0.3) is 5.91 Å². The average molecular weight is 242 g/mol. The Bertz CT molecular complexity index is 524. The van der Waals surface area contributed by atoms with Crippen molar-refractivity contribution in [2.45, 2.75) is 6.54 Å². The van der Waals surface area contributed by atoms with Gasteiger partial charge in [-0.05, 0) is 24.3 Å². The first kappa shape index (κ1) is 12.0. The van der Waals surface area contributed by atoms with Gasteiger partial charge in [0.1, 0.15) is 5.82 Å². The van der Waals surface area contributed by atoms with E-state index in [1.165, 1.54) is 6.20 Å². The van der Waals surface area contributed by atoms with E-state index in [0.717, 1.165) is 5.69 Å². The van der Waals surface area contributed by atoms with Crippen LogP contribution < -0.4 is 5.73 Å². The van der Waals surface area contributed by atoms with Crippen LogP contribution in [0, 0.1) is 0 Å². The van der Waals surface area contributed by atoms with Crippen LogP contribution in [0.25, 0.3) is 0 Å². The second-order valence-electron chi connectivity index (χ2n) is 3.95. The normalized spacial score (nSPS) is 10.1. The first-order valence-electron chi connectivity index (χ1n) is 5.54. The molecule has 0 atom stereocenters. The lowest BCUT2D eigenvalue weighted by molar-refractivity contribution is 0.0783. The fourth-order valence-corrected chi connectivity index (χ4v) is 1.56. The molecule has 92 valence electrons. The summed E-state index contributed by atoms with van der Waals surface area (Å²) in [4.78, 5) is 21.8. The summed E-state index contributed by atoms with van der Waals surface area (Å²) in [5.41, 5.74) is 6.84. The van der Waals surface area contributed by atoms with Crippen LogP contribution >= 0.6 is 0 Å². The Hall–Kier alpha value is -2.43. The zero-order valence-electron chi connectivity index (χ0n) is 10.1. The van der Waals surface area contributed by atoms with E-state index >= 15 is 0 Å². The van der Waals surface area contributed by atoms with E-state index in [4.69, 9.17) is 5.73 Å². The molecule has 0 fully saturated rings. The van der Waals surface area contributed by atoms with E-state index in [9.17, 15) is 4.79 Å². The number of rotatable bonds is 3. The summed E-state index contributed by atoms with van der Waals surface area (Å²) in [5, 5.41) is 0. The van der Waals surface area contributed by atoms with Crippen molar-refractivity contribution < 1.29 is 4.79 Å². The molecule has 2 aromatic heterocycles. The minimum Gasteiger partial charge on any atom is -0.384 e. The largest absolute Gasteiger partial charge is 0.384 e. The van der Waals surface area contributed by atoms with Gasteiger partial charge >= 0.3 is 0 Å². The van der Waals surface area contributed by atoms with E-state index in [1.807, 2.05) is 18.2 Å². The van der Waals surface area contributed by atoms with Crippen molar-refractivity contribution in [3.05, 3.63) is 54.0 Å². The zero-order valence-corrected chi connectivity index (χ0v) is 10.1. The number of nitrogens with zero attached hydrogens (tertiary/aromatic N) is 3. The van der Waals surface area contributed by atoms with Gasteiger partial charge < -0.3 is 10.6 Å². The maximum atomic E-state index is 12.1. The molecule has 2 N–H and O–H groups in total. The van der Waals surface area contributed by atoms with Crippen molar-refractivity contribution in [1.29, 1.82) is 0 Å². The first-order chi connectivity index (χ1) is 8.66. The summed E-state index contributed by atoms with van der Waals surface area (Å²) >= 11 is 0. The maximum absolute atomic E-state index is 12.1. The van der Waals surface area contributed by atoms with Crippen molar-refractivity contribution in [2.75, 3.05) is 12.8 Å². The Balaban J connectivity index is 2.07. The van der Waals surface area contributed by atoms with Gasteiger partial charge in [0, 0.05) is 19.4 Å². The SMILES string of the molecule is CN(Cc1ccccn1)C(=O)c1ccc(N)nc1. The van der Waals surface area contributed by atoms with Crippen molar-refractivity contribution in [1.82, 2.24) is 14.9 Å². The topological polar surface area (TPSA) is 72.1 Å². The van der Waals surface area contributed by atoms with Crippen molar-refractivity contribution in [3.63, 3.8) is 0 Å². The van der Waals surface area contributed by atoms with Gasteiger partial charge in [-0.15, -0.1) is 0 Å². The third-order valence-electron chi connectivity index (χ3n) is 2.51. The van der Waals surface area contributed by atoms with Crippen LogP contribution in [-0.2, 0) is 6.54 Å². The lowest BCUT2D eigenvalue weighted by Crippen LogP contribution is -2.26. The highest BCUT2D eigenvalue weighted by atomic mass is 16.2. The minimum atomic E-state index is -0.104. The molecule has 2 rings (SSSR count). The first-order valence-corrected chi connectivity index (χ1v) is 5.54. The van der Waals surface area contributed by atoms with Crippen molar-refractivity contribution in [3.8, 4) is 0 Å². The highest BCUT2D eigenvalue weighted by Gasteiger charge is 2.12. The van der Waals surface area contributed by atoms with Gasteiger partial charge in [0.05, 0.1) is 17.8 Å². The summed E-state index contributed by atoms with van der Waals surface area (Å²) in [6.07, 6.45) is 3.19. The summed E-state index contributed by atoms with van der Waals surface area (Å²) < 4.78 is 0. The van der Waals surface area contributed by atoms with Gasteiger partial charge in [0.15, 0.2) is 0 Å². The molecule has 0 unspecified atom stereocenters. The standard InChI is InChI=1S/C13H14N4O/c1-17(9-11-4-2-3-7-15-11)13(18)10-5-6-12(14)16-8-10/h2-8H,9H2,1H3,(H2,14,16). The lowest BCUT2D eigenvalue weighted by Gasteiger charge is -2.16. The van der Waals surface area contributed by atoms with E-state index < -0.39 is 0 Å². The van der Waals surface area contributed by atoms with Gasteiger partial charge in [-0.3, -0.25) is 9.78 Å². The highest BCUT2D eigenvalue weighted by molar-refractivity contribution is 5.93. The second-order valence-corrected chi connectivity index (χ2v) is 3.95. The van der Waals surface area contributed by atoms with Crippen molar-refractivity contribution >= 4 is 11.7 Å². The number of nitrogens with two attached hydrogens (primary N) is 1. The number of carbonyl (C=O) groups excluding carboxylic acids is 1. The third-order valence-corrected chi connectivity index (χ3v) is 2.51. The number of aromatic nitrogens is 2. The molecule has 5 heteroatoms. The molecular formula is C13H14N4O. The van der Waals surface area contributed by atoms with Crippen LogP contribution in [0.3, 0.4) is 0 Å². The van der Waals surface area contributed by atoms with Gasteiger partial charge in [-0.2, -0.15) is 0 Å². The van der Waals surface area contributed by atoms with Crippen LogP contribution in [0.5, 0.6) is 0 Å². The molecule has 0 spiro atoms. The summed E-state index contributed by atoms with van der Waals surface area (Å²) in [5.74, 6) is 0.298. The molecule has 5 nitrogen and oxygen atoms in total. The number of amides is 1. The molecule has 0 saturated carbocycles. The Labute approximate surface area is 105 Å². The molecule has 0 aromatic carbocycles. The van der Waals surface area contributed by atoms with E-state index in [-0.39, 0.29) is 5.91 Å². The van der Waals surface area contributed by atoms with Crippen LogP contribution in [0.2, 0.25) is 0 Å². The maximum Gasteiger partial charge on any atom is 0.255 e. The van der Waals surface area contributed by atoms with E-state index in [0.29, 0.717) is 17.9 Å². The summed E-state index contributed by atoms with van der Waals surface area (Å²) in [6, 6.07) is 8.90. The molecule has 2 heterocycles. The molecule has 0 aliphatic carbocycles. The number of hydrogen-bond acceptors (Lipinski definition) is 4.